The van der Waals surface area contributed by atoms with Crippen molar-refractivity contribution in [3.63, 3.8) is 0 Å². The van der Waals surface area contributed by atoms with Crippen molar-refractivity contribution in [3.05, 3.63) is 23.1 Å². The Hall–Kier alpha value is -0.290. The fourth-order valence-corrected chi connectivity index (χ4v) is 3.32. The lowest BCUT2D eigenvalue weighted by Crippen LogP contribution is -2.40. The second-order valence-corrected chi connectivity index (χ2v) is 5.07. The van der Waals surface area contributed by atoms with Crippen LogP contribution in [-0.2, 0) is 0 Å². The highest BCUT2D eigenvalue weighted by atomic mass is 32.2. The summed E-state index contributed by atoms with van der Waals surface area (Å²) >= 11 is 1.62. The van der Waals surface area contributed by atoms with Gasteiger partial charge in [0.1, 0.15) is 6.17 Å². The van der Waals surface area contributed by atoms with E-state index in [1.54, 1.807) is 16.4 Å². The Morgan fingerprint density at radius 1 is 1.64 bits per heavy atom. The van der Waals surface area contributed by atoms with Gasteiger partial charge in [-0.3, -0.25) is 5.84 Å². The fraction of sp³-hybridized carbons (Fsp3) is 0.600. The summed E-state index contributed by atoms with van der Waals surface area (Å²) < 4.78 is 1.67. The molecule has 1 aliphatic heterocycles. The average Bonchev–Trinajstić information content (AvgIpc) is 2.43. The summed E-state index contributed by atoms with van der Waals surface area (Å²) in [4.78, 5) is 1.40. The molecule has 0 aromatic rings. The Morgan fingerprint density at radius 3 is 3.14 bits per heavy atom. The monoisotopic (exact) mass is 211 g/mol. The van der Waals surface area contributed by atoms with Crippen LogP contribution in [0.5, 0.6) is 0 Å². The highest BCUT2D eigenvalue weighted by molar-refractivity contribution is 8.01. The predicted molar refractivity (Wildman–Crippen MR) is 60.8 cm³/mol. The van der Waals surface area contributed by atoms with Gasteiger partial charge in [-0.1, -0.05) is 6.08 Å². The molecule has 0 spiro atoms. The molecule has 2 atom stereocenters. The van der Waals surface area contributed by atoms with Crippen LogP contribution < -0.4 is 11.6 Å². The molecule has 14 heavy (non-hydrogen) atoms. The minimum Gasteiger partial charge on any atom is -0.310 e. The second kappa shape index (κ2) is 4.06. The van der Waals surface area contributed by atoms with Crippen LogP contribution in [-0.4, -0.2) is 10.6 Å². The quantitative estimate of drug-likeness (QED) is 0.415. The Balaban J connectivity index is 2.06. The van der Waals surface area contributed by atoms with E-state index < -0.39 is 0 Å². The highest BCUT2D eigenvalue weighted by Gasteiger charge is 2.33. The van der Waals surface area contributed by atoms with E-state index in [-0.39, 0.29) is 6.17 Å². The van der Waals surface area contributed by atoms with E-state index in [0.29, 0.717) is 0 Å². The van der Waals surface area contributed by atoms with Gasteiger partial charge in [-0.05, 0) is 49.1 Å². The normalized spacial score (nSPS) is 33.3. The smallest absolute Gasteiger partial charge is 0.105 e. The molecule has 0 aromatic carbocycles. The first-order valence-electron chi connectivity index (χ1n) is 5.02. The summed E-state index contributed by atoms with van der Waals surface area (Å²) in [5.74, 6) is 6.51. The van der Waals surface area contributed by atoms with Gasteiger partial charge in [0.2, 0.25) is 0 Å². The third kappa shape index (κ3) is 1.75. The predicted octanol–water partition coefficient (Wildman–Crippen LogP) is 1.74. The number of hydrazine groups is 1. The first kappa shape index (κ1) is 10.2. The van der Waals surface area contributed by atoms with E-state index >= 15 is 0 Å². The van der Waals surface area contributed by atoms with Crippen LogP contribution in [0.2, 0.25) is 0 Å². The molecule has 0 bridgehead atoms. The van der Waals surface area contributed by atoms with Gasteiger partial charge in [-0.25, -0.2) is 0 Å². The Morgan fingerprint density at radius 2 is 2.43 bits per heavy atom. The van der Waals surface area contributed by atoms with E-state index in [1.807, 2.05) is 6.08 Å². The maximum Gasteiger partial charge on any atom is 0.105 e. The zero-order valence-electron chi connectivity index (χ0n) is 8.28. The first-order chi connectivity index (χ1) is 6.72. The molecule has 0 saturated heterocycles. The highest BCUT2D eigenvalue weighted by Crippen LogP contribution is 2.44. The number of allylic oxidation sites excluding steroid dienone is 2. The molecule has 78 valence electrons. The minimum absolute atomic E-state index is 0.0559. The zero-order chi connectivity index (χ0) is 10.1. The molecule has 4 N–H and O–H groups in total. The van der Waals surface area contributed by atoms with Crippen LogP contribution in [0.1, 0.15) is 25.7 Å². The van der Waals surface area contributed by atoms with Gasteiger partial charge in [0.05, 0.1) is 0 Å². The molecule has 0 fully saturated rings. The van der Waals surface area contributed by atoms with Crippen molar-refractivity contribution >= 4 is 11.9 Å². The van der Waals surface area contributed by atoms with Gasteiger partial charge in [-0.2, -0.15) is 4.41 Å². The lowest BCUT2D eigenvalue weighted by atomic mass is 9.86. The van der Waals surface area contributed by atoms with E-state index in [4.69, 9.17) is 11.6 Å². The number of nitrogens with zero attached hydrogens (tertiary/aromatic N) is 1. The van der Waals surface area contributed by atoms with E-state index in [2.05, 4.69) is 6.58 Å². The SMILES string of the molecule is C=CCC1CCC2=C(C1)SN(N)C2N. The number of hydrogen-bond donors (Lipinski definition) is 2. The van der Waals surface area contributed by atoms with Crippen LogP contribution in [0.3, 0.4) is 0 Å². The molecule has 1 heterocycles. The molecule has 0 aromatic heterocycles. The number of hydrogen-bond acceptors (Lipinski definition) is 4. The molecule has 3 nitrogen and oxygen atoms in total. The van der Waals surface area contributed by atoms with Crippen molar-refractivity contribution < 1.29 is 0 Å². The van der Waals surface area contributed by atoms with Gasteiger partial charge < -0.3 is 5.73 Å². The topological polar surface area (TPSA) is 55.3 Å². The number of rotatable bonds is 2. The van der Waals surface area contributed by atoms with Crippen molar-refractivity contribution in [1.82, 2.24) is 4.41 Å². The molecule has 0 amide bonds. The molecule has 0 radical (unpaired) electrons. The lowest BCUT2D eigenvalue weighted by molar-refractivity contribution is 0.397. The fourth-order valence-electron chi connectivity index (χ4n) is 2.18. The summed E-state index contributed by atoms with van der Waals surface area (Å²) in [6.45, 7) is 3.79. The number of nitrogens with two attached hydrogens (primary N) is 2. The molecule has 2 rings (SSSR count). The Kier molecular flexibility index (Phi) is 2.97. The zero-order valence-corrected chi connectivity index (χ0v) is 9.09. The maximum absolute atomic E-state index is 5.95. The molecule has 2 aliphatic rings. The molecule has 1 aliphatic carbocycles. The van der Waals surface area contributed by atoms with Crippen LogP contribution in [0.25, 0.3) is 0 Å². The van der Waals surface area contributed by atoms with Crippen molar-refractivity contribution in [2.45, 2.75) is 31.8 Å². The molecular formula is C10H17N3S. The van der Waals surface area contributed by atoms with Gasteiger partial charge in [0.15, 0.2) is 0 Å². The van der Waals surface area contributed by atoms with Crippen LogP contribution in [0.15, 0.2) is 23.1 Å². The minimum atomic E-state index is -0.0559. The molecule has 2 unspecified atom stereocenters. The van der Waals surface area contributed by atoms with Crippen LogP contribution in [0, 0.1) is 5.92 Å². The summed E-state index contributed by atoms with van der Waals surface area (Å²) in [6.07, 6.45) is 6.53. The summed E-state index contributed by atoms with van der Waals surface area (Å²) in [6, 6.07) is 0. The molecule has 4 heteroatoms. The van der Waals surface area contributed by atoms with E-state index in [0.717, 1.165) is 25.2 Å². The molecular weight excluding hydrogens is 194 g/mol. The van der Waals surface area contributed by atoms with E-state index in [1.165, 1.54) is 16.9 Å². The summed E-state index contributed by atoms with van der Waals surface area (Å²) in [5.41, 5.74) is 7.31. The molecule has 0 saturated carbocycles. The van der Waals surface area contributed by atoms with Gasteiger partial charge in [0.25, 0.3) is 0 Å². The van der Waals surface area contributed by atoms with Crippen LogP contribution >= 0.6 is 11.9 Å². The average molecular weight is 211 g/mol. The van der Waals surface area contributed by atoms with Gasteiger partial charge in [-0.15, -0.1) is 6.58 Å². The Bertz CT molecular complexity index is 275. The van der Waals surface area contributed by atoms with Crippen molar-refractivity contribution in [1.29, 1.82) is 0 Å². The van der Waals surface area contributed by atoms with E-state index in [9.17, 15) is 0 Å². The maximum atomic E-state index is 5.95. The third-order valence-corrected chi connectivity index (χ3v) is 4.09. The first-order valence-corrected chi connectivity index (χ1v) is 5.80. The largest absolute Gasteiger partial charge is 0.310 e. The lowest BCUT2D eigenvalue weighted by Gasteiger charge is -2.22. The summed E-state index contributed by atoms with van der Waals surface area (Å²) in [7, 11) is 0. The van der Waals surface area contributed by atoms with Crippen LogP contribution in [0.4, 0.5) is 0 Å². The van der Waals surface area contributed by atoms with Gasteiger partial charge >= 0.3 is 0 Å². The Labute approximate surface area is 89.3 Å². The summed E-state index contributed by atoms with van der Waals surface area (Å²) in [5, 5.41) is 0. The second-order valence-electron chi connectivity index (χ2n) is 3.98. The van der Waals surface area contributed by atoms with Gasteiger partial charge in [0, 0.05) is 4.91 Å². The van der Waals surface area contributed by atoms with Crippen molar-refractivity contribution in [2.75, 3.05) is 0 Å². The third-order valence-electron chi connectivity index (χ3n) is 3.00. The standard InChI is InChI=1S/C10H17N3S/c1-2-3-7-4-5-8-9(6-7)14-13(12)10(8)11/h2,7,10H,1,3-6,11-12H2. The van der Waals surface area contributed by atoms with Crippen molar-refractivity contribution in [2.24, 2.45) is 17.5 Å². The van der Waals surface area contributed by atoms with Crippen molar-refractivity contribution in [3.8, 4) is 0 Å².